The van der Waals surface area contributed by atoms with Crippen molar-refractivity contribution in [3.63, 3.8) is 0 Å². The lowest BCUT2D eigenvalue weighted by molar-refractivity contribution is -0.143. The van der Waals surface area contributed by atoms with Crippen LogP contribution in [0, 0.1) is 5.92 Å². The molecule has 11 nitrogen and oxygen atoms in total. The summed E-state index contributed by atoms with van der Waals surface area (Å²) >= 11 is 0. The third kappa shape index (κ3) is 7.56. The number of aromatic hydroxyl groups is 1. The topological polar surface area (TPSA) is 187 Å². The Hall–Kier alpha value is -4.38. The number of hydrogen-bond donors (Lipinski definition) is 7. The van der Waals surface area contributed by atoms with Crippen molar-refractivity contribution in [1.82, 2.24) is 20.9 Å². The van der Waals surface area contributed by atoms with Crippen molar-refractivity contribution in [3.05, 3.63) is 65.9 Å². The second-order valence-corrected chi connectivity index (χ2v) is 9.45. The van der Waals surface area contributed by atoms with Gasteiger partial charge in [0.1, 0.15) is 17.8 Å². The van der Waals surface area contributed by atoms with Crippen molar-refractivity contribution >= 4 is 34.6 Å². The highest BCUT2D eigenvalue weighted by atomic mass is 16.4. The number of aromatic nitrogens is 1. The molecule has 0 aliphatic heterocycles. The number of carboxylic acids is 1. The smallest absolute Gasteiger partial charge is 0.326 e. The first-order valence-electron chi connectivity index (χ1n) is 12.2. The number of carbonyl (C=O) groups excluding carboxylic acids is 3. The van der Waals surface area contributed by atoms with E-state index in [2.05, 4.69) is 20.9 Å². The fourth-order valence-corrected chi connectivity index (χ4v) is 4.02. The van der Waals surface area contributed by atoms with Gasteiger partial charge in [0.05, 0.1) is 12.6 Å². The molecule has 2 aromatic carbocycles. The summed E-state index contributed by atoms with van der Waals surface area (Å²) in [7, 11) is 0. The van der Waals surface area contributed by atoms with Gasteiger partial charge in [-0.05, 0) is 41.7 Å². The van der Waals surface area contributed by atoms with Crippen LogP contribution in [0.15, 0.2) is 54.7 Å². The average molecular weight is 524 g/mol. The number of H-pyrrole nitrogens is 1. The quantitative estimate of drug-likeness (QED) is 0.183. The van der Waals surface area contributed by atoms with Crippen LogP contribution in [0.25, 0.3) is 10.9 Å². The maximum Gasteiger partial charge on any atom is 0.326 e. The van der Waals surface area contributed by atoms with Crippen molar-refractivity contribution < 1.29 is 29.4 Å². The number of nitrogens with two attached hydrogens (primary N) is 1. The number of benzene rings is 2. The third-order valence-corrected chi connectivity index (χ3v) is 6.13. The number of fused-ring (bicyclic) bond motifs is 1. The molecule has 0 aliphatic rings. The van der Waals surface area contributed by atoms with Gasteiger partial charge in [-0.2, -0.15) is 0 Å². The van der Waals surface area contributed by atoms with Gasteiger partial charge in [0.25, 0.3) is 0 Å². The van der Waals surface area contributed by atoms with Crippen molar-refractivity contribution in [3.8, 4) is 5.75 Å². The van der Waals surface area contributed by atoms with E-state index in [4.69, 9.17) is 5.73 Å². The second kappa shape index (κ2) is 12.7. The molecule has 0 spiro atoms. The van der Waals surface area contributed by atoms with Crippen LogP contribution in [-0.4, -0.2) is 63.6 Å². The highest BCUT2D eigenvalue weighted by Gasteiger charge is 2.29. The minimum absolute atomic E-state index is 0.0951. The Morgan fingerprint density at radius 3 is 2.29 bits per heavy atom. The van der Waals surface area contributed by atoms with Gasteiger partial charge in [0.15, 0.2) is 0 Å². The van der Waals surface area contributed by atoms with Crippen molar-refractivity contribution in [2.75, 3.05) is 6.54 Å². The fraction of sp³-hybridized carbons (Fsp3) is 0.333. The van der Waals surface area contributed by atoms with E-state index in [0.29, 0.717) is 0 Å². The predicted molar refractivity (Wildman–Crippen MR) is 141 cm³/mol. The minimum Gasteiger partial charge on any atom is -0.508 e. The van der Waals surface area contributed by atoms with Gasteiger partial charge in [-0.3, -0.25) is 14.4 Å². The molecule has 0 radical (unpaired) electrons. The molecule has 0 bridgehead atoms. The number of amides is 3. The number of hydrogen-bond acceptors (Lipinski definition) is 6. The Morgan fingerprint density at radius 1 is 0.947 bits per heavy atom. The molecule has 0 saturated carbocycles. The molecular formula is C27H33N5O6. The Labute approximate surface area is 219 Å². The second-order valence-electron chi connectivity index (χ2n) is 9.45. The van der Waals surface area contributed by atoms with Crippen molar-refractivity contribution in [2.24, 2.45) is 11.7 Å². The van der Waals surface area contributed by atoms with Crippen LogP contribution in [-0.2, 0) is 32.0 Å². The first-order chi connectivity index (χ1) is 18.0. The van der Waals surface area contributed by atoms with E-state index in [0.717, 1.165) is 22.0 Å². The van der Waals surface area contributed by atoms with E-state index in [1.165, 1.54) is 12.1 Å². The maximum atomic E-state index is 13.1. The highest BCUT2D eigenvalue weighted by molar-refractivity contribution is 5.93. The first kappa shape index (κ1) is 28.2. The van der Waals surface area contributed by atoms with Gasteiger partial charge < -0.3 is 36.9 Å². The lowest BCUT2D eigenvalue weighted by Crippen LogP contribution is -2.55. The van der Waals surface area contributed by atoms with Gasteiger partial charge in [0.2, 0.25) is 17.7 Å². The van der Waals surface area contributed by atoms with E-state index < -0.39 is 48.4 Å². The van der Waals surface area contributed by atoms with Crippen molar-refractivity contribution in [2.45, 2.75) is 44.8 Å². The van der Waals surface area contributed by atoms with E-state index >= 15 is 0 Å². The molecule has 3 atom stereocenters. The number of phenolic OH excluding ortho intramolecular Hbond substituents is 1. The predicted octanol–water partition coefficient (Wildman–Crippen LogP) is 0.812. The number of nitrogens with one attached hydrogen (secondary N) is 4. The number of para-hydroxylation sites is 1. The van der Waals surface area contributed by atoms with Gasteiger partial charge >= 0.3 is 5.97 Å². The SMILES string of the molecule is CC(C)C(NC(=O)C(Cc1c[nH]c2ccccc12)NC(=O)CNC(=O)C(N)Cc1ccc(O)cc1)C(=O)O. The van der Waals surface area contributed by atoms with Gasteiger partial charge in [-0.25, -0.2) is 4.79 Å². The highest BCUT2D eigenvalue weighted by Crippen LogP contribution is 2.19. The zero-order valence-corrected chi connectivity index (χ0v) is 21.2. The molecular weight excluding hydrogens is 490 g/mol. The molecule has 3 unspecified atom stereocenters. The number of carbonyl (C=O) groups is 4. The number of phenols is 1. The van der Waals surface area contributed by atoms with E-state index in [9.17, 15) is 29.4 Å². The van der Waals surface area contributed by atoms with Crippen LogP contribution in [0.1, 0.15) is 25.0 Å². The van der Waals surface area contributed by atoms with Crippen LogP contribution in [0.5, 0.6) is 5.75 Å². The number of carboxylic acid groups (broad SMARTS) is 1. The first-order valence-corrected chi connectivity index (χ1v) is 12.2. The zero-order chi connectivity index (χ0) is 27.8. The molecule has 11 heteroatoms. The van der Waals surface area contributed by atoms with Gasteiger partial charge in [-0.1, -0.05) is 44.2 Å². The molecule has 1 heterocycles. The Balaban J connectivity index is 1.66. The van der Waals surface area contributed by atoms with Crippen molar-refractivity contribution in [1.29, 1.82) is 0 Å². The van der Waals surface area contributed by atoms with Crippen LogP contribution >= 0.6 is 0 Å². The molecule has 0 fully saturated rings. The lowest BCUT2D eigenvalue weighted by atomic mass is 10.0. The number of aliphatic carboxylic acids is 1. The summed E-state index contributed by atoms with van der Waals surface area (Å²) in [5.74, 6) is -3.31. The largest absolute Gasteiger partial charge is 0.508 e. The normalized spacial score (nSPS) is 13.5. The summed E-state index contributed by atoms with van der Waals surface area (Å²) in [6.45, 7) is 2.92. The summed E-state index contributed by atoms with van der Waals surface area (Å²) in [5, 5.41) is 27.3. The van der Waals surface area contributed by atoms with Crippen LogP contribution in [0.3, 0.4) is 0 Å². The molecule has 38 heavy (non-hydrogen) atoms. The fourth-order valence-electron chi connectivity index (χ4n) is 4.02. The van der Waals surface area contributed by atoms with E-state index in [1.807, 2.05) is 24.3 Å². The van der Waals surface area contributed by atoms with E-state index in [1.54, 1.807) is 32.2 Å². The number of rotatable bonds is 12. The van der Waals surface area contributed by atoms with E-state index in [-0.39, 0.29) is 24.5 Å². The molecule has 0 saturated heterocycles. The molecule has 3 aromatic rings. The molecule has 0 aliphatic carbocycles. The monoisotopic (exact) mass is 523 g/mol. The van der Waals surface area contributed by atoms with Gasteiger partial charge in [0, 0.05) is 23.5 Å². The minimum atomic E-state index is -1.18. The standard InChI is InChI=1S/C27H33N5O6/c1-15(2)24(27(37)38)32-26(36)22(12-17-13-29-21-6-4-3-5-19(17)21)31-23(34)14-30-25(35)20(28)11-16-7-9-18(33)10-8-16/h3-10,13,15,20,22,24,29,33H,11-12,14,28H2,1-2H3,(H,30,35)(H,31,34)(H,32,36)(H,37,38). The Morgan fingerprint density at radius 2 is 1.63 bits per heavy atom. The Kier molecular flexibility index (Phi) is 9.44. The van der Waals surface area contributed by atoms with Crippen LogP contribution < -0.4 is 21.7 Å². The molecule has 3 amide bonds. The van der Waals surface area contributed by atoms with Crippen LogP contribution in [0.2, 0.25) is 0 Å². The average Bonchev–Trinajstić information content (AvgIpc) is 3.29. The maximum absolute atomic E-state index is 13.1. The molecule has 3 rings (SSSR count). The molecule has 8 N–H and O–H groups in total. The summed E-state index contributed by atoms with van der Waals surface area (Å²) < 4.78 is 0. The third-order valence-electron chi connectivity index (χ3n) is 6.13. The lowest BCUT2D eigenvalue weighted by Gasteiger charge is -2.23. The molecule has 1 aromatic heterocycles. The summed E-state index contributed by atoms with van der Waals surface area (Å²) in [6.07, 6.45) is 2.03. The Bertz CT molecular complexity index is 1290. The summed E-state index contributed by atoms with van der Waals surface area (Å²) in [5.41, 5.74) is 8.30. The summed E-state index contributed by atoms with van der Waals surface area (Å²) in [4.78, 5) is 53.0. The zero-order valence-electron chi connectivity index (χ0n) is 21.2. The van der Waals surface area contributed by atoms with Crippen LogP contribution in [0.4, 0.5) is 0 Å². The summed E-state index contributed by atoms with van der Waals surface area (Å²) in [6, 6.07) is 10.6. The molecule has 202 valence electrons. The number of aromatic amines is 1. The van der Waals surface area contributed by atoms with Gasteiger partial charge in [-0.15, -0.1) is 0 Å².